The summed E-state index contributed by atoms with van der Waals surface area (Å²) >= 11 is 12.5. The highest BCUT2D eigenvalue weighted by molar-refractivity contribution is 7.22. The van der Waals surface area contributed by atoms with Gasteiger partial charge in [0.2, 0.25) is 0 Å². The van der Waals surface area contributed by atoms with Gasteiger partial charge in [0, 0.05) is 0 Å². The van der Waals surface area contributed by atoms with Crippen LogP contribution < -0.4 is 5.32 Å². The molecule has 0 fully saturated rings. The van der Waals surface area contributed by atoms with Crippen LogP contribution in [-0.2, 0) is 9.53 Å². The Hall–Kier alpha value is -2.36. The number of hydrogen-bond donors (Lipinski definition) is 1. The van der Waals surface area contributed by atoms with Gasteiger partial charge in [-0.2, -0.15) is 0 Å². The molecule has 0 bridgehead atoms. The number of fused-ring (bicyclic) bond motifs is 1. The highest BCUT2D eigenvalue weighted by atomic mass is 35.5. The minimum Gasteiger partial charge on any atom is -0.452 e. The van der Waals surface area contributed by atoms with Gasteiger partial charge in [-0.05, 0) is 18.2 Å². The van der Waals surface area contributed by atoms with E-state index < -0.39 is 41.5 Å². The summed E-state index contributed by atoms with van der Waals surface area (Å²) in [5, 5.41) is 2.24. The average Bonchev–Trinajstić information content (AvgIpc) is 3.00. The number of thiazole rings is 1. The van der Waals surface area contributed by atoms with Crippen LogP contribution in [0, 0.1) is 17.5 Å². The maximum Gasteiger partial charge on any atom is 0.341 e. The molecule has 0 aliphatic rings. The van der Waals surface area contributed by atoms with Crippen LogP contribution in [0.2, 0.25) is 10.0 Å². The number of ether oxygens (including phenoxy) is 1. The first kappa shape index (κ1) is 19.4. The molecule has 0 aliphatic carbocycles. The molecule has 27 heavy (non-hydrogen) atoms. The summed E-state index contributed by atoms with van der Waals surface area (Å²) in [7, 11) is 0. The number of nitrogens with zero attached hydrogens (tertiary/aromatic N) is 1. The molecule has 3 rings (SSSR count). The Balaban J connectivity index is 1.69. The first-order valence-corrected chi connectivity index (χ1v) is 8.70. The van der Waals surface area contributed by atoms with Crippen molar-refractivity contribution in [2.24, 2.45) is 0 Å². The Labute approximate surface area is 163 Å². The maximum absolute atomic E-state index is 13.6. The molecule has 0 aliphatic heterocycles. The van der Waals surface area contributed by atoms with Gasteiger partial charge in [-0.15, -0.1) is 0 Å². The lowest BCUT2D eigenvalue weighted by Crippen LogP contribution is -2.21. The van der Waals surface area contributed by atoms with E-state index in [1.165, 1.54) is 18.2 Å². The van der Waals surface area contributed by atoms with Crippen molar-refractivity contribution in [1.82, 2.24) is 4.98 Å². The van der Waals surface area contributed by atoms with Crippen LogP contribution in [0.1, 0.15) is 10.4 Å². The van der Waals surface area contributed by atoms with E-state index in [0.717, 1.165) is 17.4 Å². The fourth-order valence-electron chi connectivity index (χ4n) is 2.08. The summed E-state index contributed by atoms with van der Waals surface area (Å²) in [5.74, 6) is -6.20. The van der Waals surface area contributed by atoms with Crippen LogP contribution in [0.5, 0.6) is 0 Å². The SMILES string of the molecule is O=C(COC(=O)c1c(Cl)cccc1Cl)Nc1nc2c(F)c(F)c(F)cc2s1. The number of hydrogen-bond acceptors (Lipinski definition) is 5. The van der Waals surface area contributed by atoms with Crippen molar-refractivity contribution < 1.29 is 27.5 Å². The van der Waals surface area contributed by atoms with E-state index in [-0.39, 0.29) is 25.4 Å². The fourth-order valence-corrected chi connectivity index (χ4v) is 3.54. The predicted molar refractivity (Wildman–Crippen MR) is 94.9 cm³/mol. The third kappa shape index (κ3) is 4.00. The first-order chi connectivity index (χ1) is 12.8. The van der Waals surface area contributed by atoms with E-state index in [1.807, 2.05) is 0 Å². The number of nitrogens with one attached hydrogen (secondary N) is 1. The van der Waals surface area contributed by atoms with Gasteiger partial charge in [-0.25, -0.2) is 22.9 Å². The number of carbonyl (C=O) groups is 2. The van der Waals surface area contributed by atoms with Gasteiger partial charge in [0.15, 0.2) is 29.2 Å². The first-order valence-electron chi connectivity index (χ1n) is 7.13. The molecule has 11 heteroatoms. The lowest BCUT2D eigenvalue weighted by molar-refractivity contribution is -0.119. The Bertz CT molecular complexity index is 1050. The van der Waals surface area contributed by atoms with Crippen molar-refractivity contribution in [2.45, 2.75) is 0 Å². The number of anilines is 1. The number of halogens is 5. The molecule has 0 radical (unpaired) electrons. The normalized spacial score (nSPS) is 10.9. The van der Waals surface area contributed by atoms with Gasteiger partial charge in [-0.3, -0.25) is 10.1 Å². The molecular weight excluding hydrogens is 428 g/mol. The minimum absolute atomic E-state index is 0.00143. The largest absolute Gasteiger partial charge is 0.452 e. The van der Waals surface area contributed by atoms with Crippen molar-refractivity contribution in [1.29, 1.82) is 0 Å². The zero-order chi connectivity index (χ0) is 19.7. The smallest absolute Gasteiger partial charge is 0.341 e. The van der Waals surface area contributed by atoms with Crippen LogP contribution in [0.3, 0.4) is 0 Å². The number of amides is 1. The molecule has 0 unspecified atom stereocenters. The van der Waals surface area contributed by atoms with Gasteiger partial charge in [0.1, 0.15) is 5.52 Å². The zero-order valence-electron chi connectivity index (χ0n) is 13.0. The van der Waals surface area contributed by atoms with Gasteiger partial charge in [0.25, 0.3) is 5.91 Å². The zero-order valence-corrected chi connectivity index (χ0v) is 15.3. The summed E-state index contributed by atoms with van der Waals surface area (Å²) in [5.41, 5.74) is -0.518. The minimum atomic E-state index is -1.66. The highest BCUT2D eigenvalue weighted by Crippen LogP contribution is 2.30. The fraction of sp³-hybridized carbons (Fsp3) is 0.0625. The monoisotopic (exact) mass is 434 g/mol. The quantitative estimate of drug-likeness (QED) is 0.472. The van der Waals surface area contributed by atoms with E-state index >= 15 is 0 Å². The second kappa shape index (κ2) is 7.71. The summed E-state index contributed by atoms with van der Waals surface area (Å²) in [6, 6.07) is 5.16. The third-order valence-corrected chi connectivity index (χ3v) is 4.82. The molecule has 3 aromatic rings. The predicted octanol–water partition coefficient (Wildman–Crippen LogP) is 4.82. The van der Waals surface area contributed by atoms with Crippen LogP contribution >= 0.6 is 34.5 Å². The number of carbonyl (C=O) groups excluding carboxylic acids is 2. The molecule has 1 heterocycles. The molecule has 5 nitrogen and oxygen atoms in total. The maximum atomic E-state index is 13.6. The molecule has 1 amide bonds. The van der Waals surface area contributed by atoms with Gasteiger partial charge in [-0.1, -0.05) is 40.6 Å². The van der Waals surface area contributed by atoms with Crippen LogP contribution in [0.15, 0.2) is 24.3 Å². The summed E-state index contributed by atoms with van der Waals surface area (Å²) in [6.07, 6.45) is 0. The Morgan fingerprint density at radius 3 is 2.48 bits per heavy atom. The van der Waals surface area contributed by atoms with Crippen LogP contribution in [-0.4, -0.2) is 23.5 Å². The van der Waals surface area contributed by atoms with Crippen molar-refractivity contribution in [3.63, 3.8) is 0 Å². The lowest BCUT2D eigenvalue weighted by atomic mass is 10.2. The molecule has 140 valence electrons. The van der Waals surface area contributed by atoms with E-state index in [1.54, 1.807) is 0 Å². The average molecular weight is 435 g/mol. The standard InChI is InChI=1S/C16H7Cl2F3N2O3S/c17-6-2-1-3-7(18)11(6)15(25)26-5-10(24)22-16-23-14-9(27-16)4-8(19)12(20)13(14)21/h1-4H,5H2,(H,22,23,24). The molecule has 0 atom stereocenters. The lowest BCUT2D eigenvalue weighted by Gasteiger charge is -2.07. The molecule has 0 saturated heterocycles. The summed E-state index contributed by atoms with van der Waals surface area (Å²) < 4.78 is 44.9. The van der Waals surface area contributed by atoms with Crippen molar-refractivity contribution in [2.75, 3.05) is 11.9 Å². The van der Waals surface area contributed by atoms with E-state index in [9.17, 15) is 22.8 Å². The van der Waals surface area contributed by atoms with Gasteiger partial charge >= 0.3 is 5.97 Å². The molecule has 0 spiro atoms. The molecule has 0 saturated carbocycles. The number of aromatic nitrogens is 1. The topological polar surface area (TPSA) is 68.3 Å². The summed E-state index contributed by atoms with van der Waals surface area (Å²) in [4.78, 5) is 27.6. The molecule has 1 aromatic heterocycles. The Morgan fingerprint density at radius 1 is 1.15 bits per heavy atom. The molecular formula is C16H7Cl2F3N2O3S. The molecule has 1 N–H and O–H groups in total. The van der Waals surface area contributed by atoms with Crippen LogP contribution in [0.4, 0.5) is 18.3 Å². The Morgan fingerprint density at radius 2 is 1.81 bits per heavy atom. The Kier molecular flexibility index (Phi) is 5.54. The number of benzene rings is 2. The second-order valence-electron chi connectivity index (χ2n) is 5.07. The van der Waals surface area contributed by atoms with E-state index in [0.29, 0.717) is 0 Å². The van der Waals surface area contributed by atoms with Gasteiger partial charge in [0.05, 0.1) is 20.3 Å². The number of rotatable bonds is 4. The van der Waals surface area contributed by atoms with Crippen molar-refractivity contribution >= 4 is 61.8 Å². The van der Waals surface area contributed by atoms with E-state index in [4.69, 9.17) is 27.9 Å². The summed E-state index contributed by atoms with van der Waals surface area (Å²) in [6.45, 7) is -0.707. The second-order valence-corrected chi connectivity index (χ2v) is 6.92. The van der Waals surface area contributed by atoms with Crippen molar-refractivity contribution in [3.8, 4) is 0 Å². The molecule has 2 aromatic carbocycles. The van der Waals surface area contributed by atoms with Crippen LogP contribution in [0.25, 0.3) is 10.2 Å². The van der Waals surface area contributed by atoms with Crippen molar-refractivity contribution in [3.05, 3.63) is 57.3 Å². The highest BCUT2D eigenvalue weighted by Gasteiger charge is 2.20. The van der Waals surface area contributed by atoms with Gasteiger partial charge < -0.3 is 4.74 Å². The number of esters is 1. The van der Waals surface area contributed by atoms with E-state index in [2.05, 4.69) is 10.3 Å². The third-order valence-electron chi connectivity index (χ3n) is 3.27.